The van der Waals surface area contributed by atoms with E-state index in [1.165, 1.54) is 0 Å². The van der Waals surface area contributed by atoms with Crippen molar-refractivity contribution in [2.24, 2.45) is 0 Å². The van der Waals surface area contributed by atoms with Gasteiger partial charge in [0.25, 0.3) is 0 Å². The van der Waals surface area contributed by atoms with Gasteiger partial charge in [-0.15, -0.1) is 0 Å². The van der Waals surface area contributed by atoms with Crippen molar-refractivity contribution in [3.8, 4) is 5.75 Å². The minimum atomic E-state index is 0.107. The Morgan fingerprint density at radius 2 is 1.79 bits per heavy atom. The first-order valence-corrected chi connectivity index (χ1v) is 10.3. The third kappa shape index (κ3) is 5.48. The smallest absolute Gasteiger partial charge is 0.236 e. The summed E-state index contributed by atoms with van der Waals surface area (Å²) in [5, 5.41) is 2.26. The molecule has 156 valence electrons. The Morgan fingerprint density at radius 3 is 2.55 bits per heavy atom. The summed E-state index contributed by atoms with van der Waals surface area (Å²) in [5.41, 5.74) is 1.11. The normalized spacial score (nSPS) is 15.2. The average molecular weight is 398 g/mol. The molecule has 6 heteroatoms. The summed E-state index contributed by atoms with van der Waals surface area (Å²) in [5.74, 6) is 1.15. The van der Waals surface area contributed by atoms with Gasteiger partial charge in [0.2, 0.25) is 11.8 Å². The number of methoxy groups -OCH3 is 1. The maximum atomic E-state index is 12.7. The molecule has 0 aromatic heterocycles. The van der Waals surface area contributed by atoms with Gasteiger partial charge in [0, 0.05) is 46.2 Å². The van der Waals surface area contributed by atoms with Crippen LogP contribution in [0.2, 0.25) is 0 Å². The predicted octanol–water partition coefficient (Wildman–Crippen LogP) is 2.75. The quantitative estimate of drug-likeness (QED) is 0.752. The van der Waals surface area contributed by atoms with Crippen LogP contribution in [0, 0.1) is 0 Å². The average Bonchev–Trinajstić information content (AvgIpc) is 2.98. The summed E-state index contributed by atoms with van der Waals surface area (Å²) in [4.78, 5) is 30.5. The highest BCUT2D eigenvalue weighted by molar-refractivity contribution is 5.85. The van der Waals surface area contributed by atoms with Crippen LogP contribution in [-0.4, -0.2) is 73.4 Å². The summed E-state index contributed by atoms with van der Waals surface area (Å²) >= 11 is 0. The highest BCUT2D eigenvalue weighted by atomic mass is 16.5. The van der Waals surface area contributed by atoms with Crippen molar-refractivity contribution < 1.29 is 14.3 Å². The van der Waals surface area contributed by atoms with E-state index in [0.717, 1.165) is 48.1 Å². The Balaban J connectivity index is 1.56. The number of likely N-dealkylation sites (N-methyl/N-ethyl adjacent to an activating group) is 1. The lowest BCUT2D eigenvalue weighted by Gasteiger charge is -2.24. The lowest BCUT2D eigenvalue weighted by Crippen LogP contribution is -2.40. The Hall–Kier alpha value is -2.60. The molecule has 0 spiro atoms. The fraction of sp³-hybridized carbons (Fsp3) is 0.478. The van der Waals surface area contributed by atoms with Gasteiger partial charge >= 0.3 is 0 Å². The molecule has 1 aliphatic rings. The van der Waals surface area contributed by atoms with Crippen molar-refractivity contribution in [3.63, 3.8) is 0 Å². The van der Waals surface area contributed by atoms with E-state index < -0.39 is 0 Å². The third-order valence-electron chi connectivity index (χ3n) is 5.56. The van der Waals surface area contributed by atoms with Crippen molar-refractivity contribution in [3.05, 3.63) is 42.0 Å². The SMILES string of the molecule is CCC(=O)N1CCCN(CC(=O)N(C)Cc2ccc3cc(OC)ccc3c2)CC1. The zero-order valence-electron chi connectivity index (χ0n) is 17.7. The molecule has 1 aliphatic heterocycles. The maximum absolute atomic E-state index is 12.7. The minimum absolute atomic E-state index is 0.107. The summed E-state index contributed by atoms with van der Waals surface area (Å²) in [6.07, 6.45) is 1.46. The Labute approximate surface area is 173 Å². The van der Waals surface area contributed by atoms with Gasteiger partial charge in [0.15, 0.2) is 0 Å². The highest BCUT2D eigenvalue weighted by Crippen LogP contribution is 2.22. The molecule has 1 heterocycles. The lowest BCUT2D eigenvalue weighted by molar-refractivity contribution is -0.131. The molecular formula is C23H31N3O3. The number of carbonyl (C=O) groups is 2. The standard InChI is InChI=1S/C23H31N3O3/c1-4-22(27)26-11-5-10-25(12-13-26)17-23(28)24(2)16-18-6-7-20-15-21(29-3)9-8-19(20)14-18/h6-9,14-15H,4-5,10-13,16-17H2,1-3H3. The molecule has 3 rings (SSSR count). The zero-order valence-corrected chi connectivity index (χ0v) is 17.7. The fourth-order valence-corrected chi connectivity index (χ4v) is 3.77. The van der Waals surface area contributed by atoms with Gasteiger partial charge in [0.1, 0.15) is 5.75 Å². The largest absolute Gasteiger partial charge is 0.497 e. The maximum Gasteiger partial charge on any atom is 0.236 e. The molecule has 1 saturated heterocycles. The molecule has 2 aromatic rings. The number of benzene rings is 2. The highest BCUT2D eigenvalue weighted by Gasteiger charge is 2.20. The number of rotatable bonds is 6. The first-order valence-electron chi connectivity index (χ1n) is 10.3. The molecule has 0 atom stereocenters. The number of hydrogen-bond donors (Lipinski definition) is 0. The van der Waals surface area contributed by atoms with Crippen LogP contribution in [0.3, 0.4) is 0 Å². The Morgan fingerprint density at radius 1 is 1.03 bits per heavy atom. The molecule has 0 aliphatic carbocycles. The second-order valence-electron chi connectivity index (χ2n) is 7.66. The second kappa shape index (κ2) is 9.74. The topological polar surface area (TPSA) is 53.1 Å². The number of amides is 2. The van der Waals surface area contributed by atoms with Gasteiger partial charge in [-0.2, -0.15) is 0 Å². The first-order chi connectivity index (χ1) is 14.0. The molecule has 0 unspecified atom stereocenters. The van der Waals surface area contributed by atoms with E-state index in [1.54, 1.807) is 12.0 Å². The van der Waals surface area contributed by atoms with Crippen LogP contribution in [0.25, 0.3) is 10.8 Å². The van der Waals surface area contributed by atoms with Gasteiger partial charge in [-0.25, -0.2) is 0 Å². The van der Waals surface area contributed by atoms with E-state index in [2.05, 4.69) is 23.1 Å². The van der Waals surface area contributed by atoms with E-state index in [4.69, 9.17) is 4.74 Å². The molecule has 0 N–H and O–H groups in total. The molecule has 1 fully saturated rings. The summed E-state index contributed by atoms with van der Waals surface area (Å²) < 4.78 is 5.28. The predicted molar refractivity (Wildman–Crippen MR) is 115 cm³/mol. The molecule has 6 nitrogen and oxygen atoms in total. The minimum Gasteiger partial charge on any atom is -0.497 e. The van der Waals surface area contributed by atoms with Crippen molar-refractivity contribution in [2.75, 3.05) is 46.9 Å². The van der Waals surface area contributed by atoms with Gasteiger partial charge in [-0.1, -0.05) is 25.1 Å². The molecule has 0 saturated carbocycles. The molecule has 29 heavy (non-hydrogen) atoms. The van der Waals surface area contributed by atoms with Crippen LogP contribution in [0.4, 0.5) is 0 Å². The van der Waals surface area contributed by atoms with E-state index in [1.807, 2.05) is 37.1 Å². The van der Waals surface area contributed by atoms with Gasteiger partial charge in [0.05, 0.1) is 13.7 Å². The van der Waals surface area contributed by atoms with Crippen LogP contribution in [0.15, 0.2) is 36.4 Å². The fourth-order valence-electron chi connectivity index (χ4n) is 3.77. The third-order valence-corrected chi connectivity index (χ3v) is 5.56. The van der Waals surface area contributed by atoms with E-state index in [9.17, 15) is 9.59 Å². The zero-order chi connectivity index (χ0) is 20.8. The van der Waals surface area contributed by atoms with Crippen molar-refractivity contribution in [2.45, 2.75) is 26.3 Å². The van der Waals surface area contributed by atoms with Crippen molar-refractivity contribution in [1.82, 2.24) is 14.7 Å². The summed E-state index contributed by atoms with van der Waals surface area (Å²) in [6, 6.07) is 12.3. The Kier molecular flexibility index (Phi) is 7.09. The van der Waals surface area contributed by atoms with Crippen LogP contribution >= 0.6 is 0 Å². The second-order valence-corrected chi connectivity index (χ2v) is 7.66. The number of nitrogens with zero attached hydrogens (tertiary/aromatic N) is 3. The van der Waals surface area contributed by atoms with E-state index in [-0.39, 0.29) is 11.8 Å². The number of hydrogen-bond acceptors (Lipinski definition) is 4. The van der Waals surface area contributed by atoms with E-state index >= 15 is 0 Å². The van der Waals surface area contributed by atoms with Crippen molar-refractivity contribution >= 4 is 22.6 Å². The number of ether oxygens (including phenoxy) is 1. The first kappa shape index (κ1) is 21.1. The molecule has 0 radical (unpaired) electrons. The number of fused-ring (bicyclic) bond motifs is 1. The van der Waals surface area contributed by atoms with Crippen molar-refractivity contribution in [1.29, 1.82) is 0 Å². The van der Waals surface area contributed by atoms with Gasteiger partial charge in [-0.05, 0) is 41.0 Å². The summed E-state index contributed by atoms with van der Waals surface area (Å²) in [6.45, 7) is 5.97. The molecule has 2 aromatic carbocycles. The monoisotopic (exact) mass is 397 g/mol. The van der Waals surface area contributed by atoms with Crippen LogP contribution in [0.1, 0.15) is 25.3 Å². The molecule has 0 bridgehead atoms. The van der Waals surface area contributed by atoms with E-state index in [0.29, 0.717) is 26.1 Å². The van der Waals surface area contributed by atoms with Crippen LogP contribution < -0.4 is 4.74 Å². The summed E-state index contributed by atoms with van der Waals surface area (Å²) in [7, 11) is 3.52. The van der Waals surface area contributed by atoms with Gasteiger partial charge < -0.3 is 14.5 Å². The van der Waals surface area contributed by atoms with Crippen LogP contribution in [0.5, 0.6) is 5.75 Å². The number of carbonyl (C=O) groups excluding carboxylic acids is 2. The molecule has 2 amide bonds. The van der Waals surface area contributed by atoms with Gasteiger partial charge in [-0.3, -0.25) is 14.5 Å². The molecular weight excluding hydrogens is 366 g/mol. The van der Waals surface area contributed by atoms with Crippen LogP contribution in [-0.2, 0) is 16.1 Å². The Bertz CT molecular complexity index is 868. The lowest BCUT2D eigenvalue weighted by atomic mass is 10.1.